The van der Waals surface area contributed by atoms with Crippen molar-refractivity contribution in [2.45, 2.75) is 19.9 Å². The highest BCUT2D eigenvalue weighted by atomic mass is 35.5. The molecule has 1 aromatic rings. The van der Waals surface area contributed by atoms with Gasteiger partial charge in [0.15, 0.2) is 11.5 Å². The lowest BCUT2D eigenvalue weighted by Gasteiger charge is -2.26. The second-order valence-electron chi connectivity index (χ2n) is 4.28. The van der Waals surface area contributed by atoms with Crippen LogP contribution >= 0.6 is 11.6 Å². The van der Waals surface area contributed by atoms with Crippen molar-refractivity contribution in [1.82, 2.24) is 4.90 Å². The monoisotopic (exact) mass is 280 g/mol. The van der Waals surface area contributed by atoms with Crippen molar-refractivity contribution in [2.24, 2.45) is 0 Å². The molecule has 1 aliphatic rings. The average molecular weight is 281 g/mol. The first kappa shape index (κ1) is 14.0. The molecule has 0 saturated carbocycles. The minimum Gasteiger partial charge on any atom is -0.486 e. The Morgan fingerprint density at radius 1 is 1.32 bits per heavy atom. The van der Waals surface area contributed by atoms with Gasteiger partial charge in [-0.25, -0.2) is 0 Å². The topological polar surface area (TPSA) is 45.5 Å². The summed E-state index contributed by atoms with van der Waals surface area (Å²) in [4.78, 5) is 2.07. The fourth-order valence-electron chi connectivity index (χ4n) is 2.24. The van der Waals surface area contributed by atoms with Crippen molar-refractivity contribution in [2.75, 3.05) is 26.3 Å². The Labute approximate surface area is 118 Å². The highest BCUT2D eigenvalue weighted by Crippen LogP contribution is 2.40. The zero-order valence-electron chi connectivity index (χ0n) is 11.1. The number of halogens is 1. The van der Waals surface area contributed by atoms with Gasteiger partial charge in [-0.15, -0.1) is 0 Å². The van der Waals surface area contributed by atoms with Gasteiger partial charge in [0.1, 0.15) is 19.3 Å². The van der Waals surface area contributed by atoms with Crippen LogP contribution in [0.3, 0.4) is 0 Å². The summed E-state index contributed by atoms with van der Waals surface area (Å²) < 4.78 is 11.0. The van der Waals surface area contributed by atoms with Crippen molar-refractivity contribution in [3.05, 3.63) is 22.7 Å². The van der Waals surface area contributed by atoms with Crippen LogP contribution in [0.1, 0.15) is 25.5 Å². The summed E-state index contributed by atoms with van der Waals surface area (Å²) in [5.41, 5.74) is 0.848. The molecule has 1 atom stereocenters. The van der Waals surface area contributed by atoms with Crippen LogP contribution in [0.5, 0.6) is 11.5 Å². The lowest BCUT2D eigenvalue weighted by molar-refractivity contribution is 0.171. The fourth-order valence-corrected chi connectivity index (χ4v) is 2.52. The number of ether oxygens (including phenoxy) is 2. The van der Waals surface area contributed by atoms with Crippen molar-refractivity contribution in [3.63, 3.8) is 0 Å². The van der Waals surface area contributed by atoms with E-state index in [1.807, 2.05) is 19.9 Å². The fraction of sp³-hybridized carbons (Fsp3) is 0.500. The van der Waals surface area contributed by atoms with Crippen molar-refractivity contribution < 1.29 is 9.47 Å². The Bertz CT molecular complexity index is 495. The van der Waals surface area contributed by atoms with Crippen LogP contribution in [0.25, 0.3) is 0 Å². The van der Waals surface area contributed by atoms with Crippen LogP contribution in [0, 0.1) is 11.3 Å². The van der Waals surface area contributed by atoms with Gasteiger partial charge in [0.2, 0.25) is 0 Å². The summed E-state index contributed by atoms with van der Waals surface area (Å²) in [6.45, 7) is 6.70. The molecular weight excluding hydrogens is 264 g/mol. The molecule has 0 amide bonds. The molecule has 102 valence electrons. The molecule has 0 N–H and O–H groups in total. The van der Waals surface area contributed by atoms with Gasteiger partial charge in [-0.2, -0.15) is 5.26 Å². The molecule has 2 rings (SSSR count). The van der Waals surface area contributed by atoms with Gasteiger partial charge in [-0.3, -0.25) is 4.90 Å². The number of nitriles is 1. The molecule has 0 saturated heterocycles. The number of hydrogen-bond donors (Lipinski definition) is 0. The summed E-state index contributed by atoms with van der Waals surface area (Å²) in [6.07, 6.45) is 0. The van der Waals surface area contributed by atoms with E-state index in [1.165, 1.54) is 0 Å². The van der Waals surface area contributed by atoms with E-state index in [0.29, 0.717) is 29.7 Å². The minimum atomic E-state index is -0.316. The molecule has 0 aromatic heterocycles. The molecule has 0 fully saturated rings. The molecule has 0 bridgehead atoms. The Balaban J connectivity index is 2.39. The lowest BCUT2D eigenvalue weighted by Crippen LogP contribution is -2.27. The third-order valence-electron chi connectivity index (χ3n) is 3.23. The van der Waals surface area contributed by atoms with Crippen molar-refractivity contribution >= 4 is 11.6 Å². The number of fused-ring (bicyclic) bond motifs is 1. The Morgan fingerprint density at radius 2 is 2.00 bits per heavy atom. The van der Waals surface area contributed by atoms with Crippen LogP contribution in [0.4, 0.5) is 0 Å². The lowest BCUT2D eigenvalue weighted by atomic mass is 10.1. The molecule has 4 nitrogen and oxygen atoms in total. The molecular formula is C14H17ClN2O2. The quantitative estimate of drug-likeness (QED) is 0.850. The first-order chi connectivity index (χ1) is 9.21. The number of hydrogen-bond acceptors (Lipinski definition) is 4. The van der Waals surface area contributed by atoms with E-state index in [1.54, 1.807) is 6.07 Å². The van der Waals surface area contributed by atoms with Gasteiger partial charge >= 0.3 is 0 Å². The second-order valence-corrected chi connectivity index (χ2v) is 4.69. The normalized spacial score (nSPS) is 15.1. The average Bonchev–Trinajstić information content (AvgIpc) is 2.44. The highest BCUT2D eigenvalue weighted by molar-refractivity contribution is 6.32. The number of benzene rings is 1. The molecule has 0 aliphatic carbocycles. The summed E-state index contributed by atoms with van der Waals surface area (Å²) >= 11 is 6.21. The molecule has 1 aliphatic heterocycles. The van der Waals surface area contributed by atoms with Crippen LogP contribution in [-0.2, 0) is 0 Å². The second kappa shape index (κ2) is 6.14. The summed E-state index contributed by atoms with van der Waals surface area (Å²) in [7, 11) is 0. The molecule has 19 heavy (non-hydrogen) atoms. The number of rotatable bonds is 4. The maximum Gasteiger partial charge on any atom is 0.179 e. The van der Waals surface area contributed by atoms with Gasteiger partial charge in [0, 0.05) is 0 Å². The smallest absolute Gasteiger partial charge is 0.179 e. The predicted octanol–water partition coefficient (Wildman–Crippen LogP) is 3.02. The van der Waals surface area contributed by atoms with Gasteiger partial charge in [-0.05, 0) is 30.8 Å². The van der Waals surface area contributed by atoms with E-state index in [2.05, 4.69) is 11.0 Å². The first-order valence-electron chi connectivity index (χ1n) is 6.44. The number of nitrogens with zero attached hydrogens (tertiary/aromatic N) is 2. The SMILES string of the molecule is CCN(CC)C(C#N)c1cc(Cl)c2c(c1)OCCO2. The minimum absolute atomic E-state index is 0.316. The largest absolute Gasteiger partial charge is 0.486 e. The predicted molar refractivity (Wildman–Crippen MR) is 73.7 cm³/mol. The Hall–Kier alpha value is -1.44. The van der Waals surface area contributed by atoms with E-state index >= 15 is 0 Å². The molecule has 0 radical (unpaired) electrons. The zero-order chi connectivity index (χ0) is 13.8. The molecule has 5 heteroatoms. The summed E-state index contributed by atoms with van der Waals surface area (Å²) in [5, 5.41) is 9.90. The zero-order valence-corrected chi connectivity index (χ0v) is 11.9. The third-order valence-corrected chi connectivity index (χ3v) is 3.52. The van der Waals surface area contributed by atoms with E-state index in [4.69, 9.17) is 21.1 Å². The van der Waals surface area contributed by atoms with Crippen molar-refractivity contribution in [1.29, 1.82) is 5.26 Å². The molecule has 1 unspecified atom stereocenters. The van der Waals surface area contributed by atoms with E-state index in [9.17, 15) is 5.26 Å². The summed E-state index contributed by atoms with van der Waals surface area (Å²) in [5.74, 6) is 1.20. The van der Waals surface area contributed by atoms with E-state index in [0.717, 1.165) is 18.7 Å². The van der Waals surface area contributed by atoms with E-state index in [-0.39, 0.29) is 6.04 Å². The van der Waals surface area contributed by atoms with Crippen LogP contribution in [-0.4, -0.2) is 31.2 Å². The summed E-state index contributed by atoms with van der Waals surface area (Å²) in [6, 6.07) is 5.66. The van der Waals surface area contributed by atoms with Gasteiger partial charge in [0.25, 0.3) is 0 Å². The highest BCUT2D eigenvalue weighted by Gasteiger charge is 2.23. The van der Waals surface area contributed by atoms with Crippen molar-refractivity contribution in [3.8, 4) is 17.6 Å². The standard InChI is InChI=1S/C14H17ClN2O2/c1-3-17(4-2)12(9-16)10-7-11(15)14-13(8-10)18-5-6-19-14/h7-8,12H,3-6H2,1-2H3. The molecule has 1 aromatic carbocycles. The van der Waals surface area contributed by atoms with E-state index < -0.39 is 0 Å². The molecule has 0 spiro atoms. The van der Waals surface area contributed by atoms with Gasteiger partial charge in [-0.1, -0.05) is 25.4 Å². The maximum absolute atomic E-state index is 9.40. The van der Waals surface area contributed by atoms with Crippen LogP contribution in [0.2, 0.25) is 5.02 Å². The van der Waals surface area contributed by atoms with Gasteiger partial charge in [0.05, 0.1) is 11.1 Å². The maximum atomic E-state index is 9.40. The van der Waals surface area contributed by atoms with Gasteiger partial charge < -0.3 is 9.47 Å². The first-order valence-corrected chi connectivity index (χ1v) is 6.81. The Kier molecular flexibility index (Phi) is 4.52. The van der Waals surface area contributed by atoms with Crippen LogP contribution in [0.15, 0.2) is 12.1 Å². The molecule has 1 heterocycles. The van der Waals surface area contributed by atoms with Crippen LogP contribution < -0.4 is 9.47 Å². The third kappa shape index (κ3) is 2.78. The Morgan fingerprint density at radius 3 is 2.63 bits per heavy atom.